The highest BCUT2D eigenvalue weighted by Crippen LogP contribution is 2.24. The summed E-state index contributed by atoms with van der Waals surface area (Å²) in [4.78, 5) is 11.1. The van der Waals surface area contributed by atoms with Gasteiger partial charge in [-0.15, -0.1) is 0 Å². The molecule has 1 amide bonds. The average Bonchev–Trinajstić information content (AvgIpc) is 2.47. The van der Waals surface area contributed by atoms with Gasteiger partial charge in [0.05, 0.1) is 0 Å². The lowest BCUT2D eigenvalue weighted by Crippen LogP contribution is -2.12. The minimum atomic E-state index is -0.501. The van der Waals surface area contributed by atoms with Crippen LogP contribution < -0.4 is 16.2 Å². The predicted molar refractivity (Wildman–Crippen MR) is 84.5 cm³/mol. The summed E-state index contributed by atoms with van der Waals surface area (Å²) in [6, 6.07) is 10.5. The Hall–Kier alpha value is -2.20. The normalized spacial score (nSPS) is 10.4. The van der Waals surface area contributed by atoms with E-state index in [4.69, 9.17) is 27.8 Å². The quantitative estimate of drug-likeness (QED) is 0.833. The maximum Gasteiger partial charge on any atom is 0.248 e. The number of rotatable bonds is 5. The number of aryl methyl sites for hydroxylation is 1. The fourth-order valence-corrected chi connectivity index (χ4v) is 2.20. The smallest absolute Gasteiger partial charge is 0.248 e. The second-order valence-corrected chi connectivity index (χ2v) is 5.08. The van der Waals surface area contributed by atoms with E-state index in [0.29, 0.717) is 17.9 Å². The molecule has 0 saturated heterocycles. The molecule has 110 valence electrons. The first-order chi connectivity index (χ1) is 10.0. The Morgan fingerprint density at radius 2 is 1.95 bits per heavy atom. The molecular weight excluding hydrogens is 288 g/mol. The van der Waals surface area contributed by atoms with Gasteiger partial charge in [0, 0.05) is 21.8 Å². The Morgan fingerprint density at radius 3 is 2.57 bits per heavy atom. The number of carbonyl (C=O) groups is 1. The van der Waals surface area contributed by atoms with Crippen molar-refractivity contribution < 1.29 is 9.53 Å². The molecule has 0 heterocycles. The third-order valence-electron chi connectivity index (χ3n) is 3.22. The van der Waals surface area contributed by atoms with Crippen molar-refractivity contribution in [3.05, 3.63) is 58.1 Å². The van der Waals surface area contributed by atoms with E-state index in [0.717, 1.165) is 28.3 Å². The molecule has 0 radical (unpaired) electrons. The summed E-state index contributed by atoms with van der Waals surface area (Å²) in [6.07, 6.45) is 0.839. The molecule has 0 aliphatic carbocycles. The van der Waals surface area contributed by atoms with Gasteiger partial charge in [-0.1, -0.05) is 24.6 Å². The molecular formula is C16H17ClN2O2. The number of nitrogen functional groups attached to an aromatic ring is 1. The average molecular weight is 305 g/mol. The summed E-state index contributed by atoms with van der Waals surface area (Å²) in [5.74, 6) is 0.231. The Kier molecular flexibility index (Phi) is 4.70. The number of hydrogen-bond donors (Lipinski definition) is 2. The van der Waals surface area contributed by atoms with Gasteiger partial charge in [-0.05, 0) is 42.3 Å². The Balaban J connectivity index is 2.11. The first-order valence-electron chi connectivity index (χ1n) is 6.60. The highest BCUT2D eigenvalue weighted by molar-refractivity contribution is 6.31. The summed E-state index contributed by atoms with van der Waals surface area (Å²) in [7, 11) is 0. The predicted octanol–water partition coefficient (Wildman–Crippen LogP) is 3.16. The molecule has 5 heteroatoms. The Bertz CT molecular complexity index is 671. The highest BCUT2D eigenvalue weighted by atomic mass is 35.5. The zero-order chi connectivity index (χ0) is 15.4. The fraction of sp³-hybridized carbons (Fsp3) is 0.188. The van der Waals surface area contributed by atoms with Crippen LogP contribution in [0.2, 0.25) is 5.02 Å². The molecule has 0 fully saturated rings. The minimum Gasteiger partial charge on any atom is -0.489 e. The highest BCUT2D eigenvalue weighted by Gasteiger charge is 2.06. The van der Waals surface area contributed by atoms with Crippen molar-refractivity contribution >= 4 is 23.2 Å². The Morgan fingerprint density at radius 1 is 1.19 bits per heavy atom. The number of nitrogens with two attached hydrogens (primary N) is 2. The lowest BCUT2D eigenvalue weighted by molar-refractivity contribution is 0.100. The number of benzene rings is 2. The van der Waals surface area contributed by atoms with Crippen molar-refractivity contribution in [3.8, 4) is 5.75 Å². The molecule has 0 bridgehead atoms. The van der Waals surface area contributed by atoms with Crippen LogP contribution in [0.4, 0.5) is 5.69 Å². The number of carbonyl (C=O) groups excluding carboxylic acids is 1. The molecule has 0 atom stereocenters. The first kappa shape index (κ1) is 15.2. The van der Waals surface area contributed by atoms with Crippen LogP contribution in [0.25, 0.3) is 0 Å². The number of primary amides is 1. The van der Waals surface area contributed by atoms with Gasteiger partial charge in [0.15, 0.2) is 0 Å². The van der Waals surface area contributed by atoms with E-state index in [1.54, 1.807) is 18.2 Å². The fourth-order valence-electron chi connectivity index (χ4n) is 1.95. The molecule has 2 aromatic carbocycles. The molecule has 0 aliphatic rings. The summed E-state index contributed by atoms with van der Waals surface area (Å²) in [6.45, 7) is 2.35. The van der Waals surface area contributed by atoms with Gasteiger partial charge < -0.3 is 16.2 Å². The van der Waals surface area contributed by atoms with Crippen LogP contribution in [0.3, 0.4) is 0 Å². The molecule has 4 nitrogen and oxygen atoms in total. The van der Waals surface area contributed by atoms with E-state index in [9.17, 15) is 4.79 Å². The second kappa shape index (κ2) is 6.50. The van der Waals surface area contributed by atoms with Gasteiger partial charge in [0.25, 0.3) is 0 Å². The molecule has 2 rings (SSSR count). The van der Waals surface area contributed by atoms with Gasteiger partial charge >= 0.3 is 0 Å². The number of amides is 1. The van der Waals surface area contributed by atoms with E-state index in [1.807, 2.05) is 25.1 Å². The maximum absolute atomic E-state index is 11.1. The minimum absolute atomic E-state index is 0.315. The zero-order valence-electron chi connectivity index (χ0n) is 11.7. The third kappa shape index (κ3) is 3.67. The van der Waals surface area contributed by atoms with Crippen molar-refractivity contribution in [2.45, 2.75) is 20.0 Å². The number of hydrogen-bond acceptors (Lipinski definition) is 3. The summed E-state index contributed by atoms with van der Waals surface area (Å²) >= 11 is 6.07. The molecule has 4 N–H and O–H groups in total. The molecule has 0 aliphatic heterocycles. The second-order valence-electron chi connectivity index (χ2n) is 4.67. The largest absolute Gasteiger partial charge is 0.489 e. The third-order valence-corrected chi connectivity index (χ3v) is 3.59. The number of ether oxygens (including phenoxy) is 1. The van der Waals surface area contributed by atoms with Crippen molar-refractivity contribution in [2.24, 2.45) is 5.73 Å². The van der Waals surface area contributed by atoms with Crippen LogP contribution in [0.1, 0.15) is 28.4 Å². The zero-order valence-corrected chi connectivity index (χ0v) is 12.5. The standard InChI is InChI=1S/C16H17ClN2O2/c1-2-10-7-13(5-6-14(10)17)21-9-12-4-3-11(16(19)20)8-15(12)18/h3-8H,2,9,18H2,1H3,(H2,19,20). The van der Waals surface area contributed by atoms with Gasteiger partial charge in [-0.25, -0.2) is 0 Å². The van der Waals surface area contributed by atoms with Crippen molar-refractivity contribution in [3.63, 3.8) is 0 Å². The SMILES string of the molecule is CCc1cc(OCc2ccc(C(N)=O)cc2N)ccc1Cl. The number of anilines is 1. The summed E-state index contributed by atoms with van der Waals surface area (Å²) in [5.41, 5.74) is 13.8. The lowest BCUT2D eigenvalue weighted by atomic mass is 10.1. The van der Waals surface area contributed by atoms with Crippen LogP contribution in [0.5, 0.6) is 5.75 Å². The van der Waals surface area contributed by atoms with Crippen LogP contribution in [0.15, 0.2) is 36.4 Å². The number of halogens is 1. The van der Waals surface area contributed by atoms with Crippen molar-refractivity contribution in [2.75, 3.05) is 5.73 Å². The molecule has 0 unspecified atom stereocenters. The molecule has 0 saturated carbocycles. The monoisotopic (exact) mass is 304 g/mol. The van der Waals surface area contributed by atoms with E-state index in [-0.39, 0.29) is 0 Å². The summed E-state index contributed by atoms with van der Waals surface area (Å²) in [5, 5.41) is 0.732. The lowest BCUT2D eigenvalue weighted by Gasteiger charge is -2.11. The topological polar surface area (TPSA) is 78.3 Å². The van der Waals surface area contributed by atoms with Crippen LogP contribution in [0, 0.1) is 0 Å². The molecule has 0 spiro atoms. The van der Waals surface area contributed by atoms with Crippen LogP contribution in [-0.2, 0) is 13.0 Å². The van der Waals surface area contributed by atoms with E-state index in [2.05, 4.69) is 0 Å². The van der Waals surface area contributed by atoms with Crippen molar-refractivity contribution in [1.82, 2.24) is 0 Å². The van der Waals surface area contributed by atoms with Gasteiger partial charge in [-0.2, -0.15) is 0 Å². The summed E-state index contributed by atoms with van der Waals surface area (Å²) < 4.78 is 5.72. The van der Waals surface area contributed by atoms with E-state index < -0.39 is 5.91 Å². The molecule has 0 aromatic heterocycles. The van der Waals surface area contributed by atoms with Gasteiger partial charge in [0.2, 0.25) is 5.91 Å². The molecule has 21 heavy (non-hydrogen) atoms. The first-order valence-corrected chi connectivity index (χ1v) is 6.98. The maximum atomic E-state index is 11.1. The van der Waals surface area contributed by atoms with Crippen LogP contribution in [-0.4, -0.2) is 5.91 Å². The van der Waals surface area contributed by atoms with E-state index >= 15 is 0 Å². The van der Waals surface area contributed by atoms with Crippen LogP contribution >= 0.6 is 11.6 Å². The van der Waals surface area contributed by atoms with E-state index in [1.165, 1.54) is 0 Å². The van der Waals surface area contributed by atoms with Gasteiger partial charge in [-0.3, -0.25) is 4.79 Å². The van der Waals surface area contributed by atoms with Gasteiger partial charge in [0.1, 0.15) is 12.4 Å². The Labute approximate surface area is 128 Å². The molecule has 2 aromatic rings. The van der Waals surface area contributed by atoms with Crippen molar-refractivity contribution in [1.29, 1.82) is 0 Å².